The molecule has 0 radical (unpaired) electrons. The van der Waals surface area contributed by atoms with Crippen LogP contribution in [0.5, 0.6) is 0 Å². The quantitative estimate of drug-likeness (QED) is 0.172. The first-order valence-electron chi connectivity index (χ1n) is 17.3. The first kappa shape index (κ1) is 37.9. The Morgan fingerprint density at radius 1 is 0.685 bits per heavy atom. The van der Waals surface area contributed by atoms with Crippen molar-refractivity contribution in [2.75, 3.05) is 5.32 Å². The summed E-state index contributed by atoms with van der Waals surface area (Å²) in [6, 6.07) is 27.6. The van der Waals surface area contributed by atoms with Gasteiger partial charge >= 0.3 is 0 Å². The summed E-state index contributed by atoms with van der Waals surface area (Å²) in [5, 5.41) is 6.07. The second kappa shape index (κ2) is 17.0. The molecule has 6 aromatic rings. The number of amides is 1. The van der Waals surface area contributed by atoms with Crippen LogP contribution in [0.3, 0.4) is 0 Å². The molecule has 54 heavy (non-hydrogen) atoms. The molecule has 2 N–H and O–H groups in total. The van der Waals surface area contributed by atoms with Crippen molar-refractivity contribution in [2.24, 2.45) is 4.99 Å². The Labute approximate surface area is 335 Å². The van der Waals surface area contributed by atoms with E-state index in [1.807, 2.05) is 42.5 Å². The zero-order valence-corrected chi connectivity index (χ0v) is 33.4. The van der Waals surface area contributed by atoms with Crippen LogP contribution < -0.4 is 10.6 Å². The van der Waals surface area contributed by atoms with Gasteiger partial charge in [-0.2, -0.15) is 0 Å². The number of carbonyl (C=O) groups excluding carboxylic acids is 1. The molecule has 3 atom stereocenters. The lowest BCUT2D eigenvalue weighted by molar-refractivity contribution is -0.119. The van der Waals surface area contributed by atoms with E-state index in [2.05, 4.69) is 82.9 Å². The lowest BCUT2D eigenvalue weighted by Gasteiger charge is -2.14. The fourth-order valence-electron chi connectivity index (χ4n) is 6.81. The van der Waals surface area contributed by atoms with Crippen molar-refractivity contribution in [3.8, 4) is 0 Å². The third-order valence-electron chi connectivity index (χ3n) is 9.30. The fraction of sp³-hybridized carbons (Fsp3) is 0.225. The Kier molecular flexibility index (Phi) is 11.9. The molecule has 0 bridgehead atoms. The van der Waals surface area contributed by atoms with Gasteiger partial charge in [-0.05, 0) is 144 Å². The smallest absolute Gasteiger partial charge is 0.220 e. The second-order valence-corrected chi connectivity index (χ2v) is 15.4. The van der Waals surface area contributed by atoms with Gasteiger partial charge in [0.05, 0.1) is 23.8 Å². The van der Waals surface area contributed by atoms with Crippen LogP contribution in [0.15, 0.2) is 116 Å². The predicted molar refractivity (Wildman–Crippen MR) is 214 cm³/mol. The van der Waals surface area contributed by atoms with E-state index in [0.717, 1.165) is 91.1 Å². The van der Waals surface area contributed by atoms with E-state index in [9.17, 15) is 18.0 Å². The number of aryl methyl sites for hydroxylation is 1. The zero-order chi connectivity index (χ0) is 37.8. The number of halogens is 6. The van der Waals surface area contributed by atoms with E-state index in [4.69, 9.17) is 0 Å². The van der Waals surface area contributed by atoms with E-state index in [1.165, 1.54) is 24.3 Å². The number of pyridine rings is 2. The van der Waals surface area contributed by atoms with Gasteiger partial charge in [0.15, 0.2) is 5.65 Å². The number of benzene rings is 3. The van der Waals surface area contributed by atoms with Crippen LogP contribution in [0.25, 0.3) is 11.2 Å². The van der Waals surface area contributed by atoms with Crippen LogP contribution in [0.1, 0.15) is 72.7 Å². The molecular weight excluding hydrogens is 891 g/mol. The number of imidazole rings is 1. The molecular formula is C40H33Br3F3N7O. The van der Waals surface area contributed by atoms with Crippen LogP contribution >= 0.6 is 47.8 Å². The Morgan fingerprint density at radius 2 is 1.33 bits per heavy atom. The maximum Gasteiger partial charge on any atom is 0.220 e. The highest BCUT2D eigenvalue weighted by atomic mass is 79.9. The van der Waals surface area contributed by atoms with Gasteiger partial charge in [0.25, 0.3) is 0 Å². The highest BCUT2D eigenvalue weighted by Crippen LogP contribution is 2.36. The summed E-state index contributed by atoms with van der Waals surface area (Å²) >= 11 is 10.1. The minimum Gasteiger partial charge on any atom is -0.349 e. The molecule has 3 aliphatic rings. The number of amidine groups is 1. The van der Waals surface area contributed by atoms with Gasteiger partial charge in [-0.25, -0.2) is 28.1 Å². The molecule has 0 aliphatic carbocycles. The van der Waals surface area contributed by atoms with Crippen LogP contribution in [0.2, 0.25) is 0 Å². The molecule has 3 unspecified atom stereocenters. The zero-order valence-electron chi connectivity index (χ0n) is 28.6. The molecule has 6 heterocycles. The number of anilines is 1. The summed E-state index contributed by atoms with van der Waals surface area (Å²) in [6.07, 6.45) is 4.87. The number of rotatable bonds is 4. The number of carbonyl (C=O) groups is 1. The molecule has 1 amide bonds. The Morgan fingerprint density at radius 3 is 2.02 bits per heavy atom. The maximum atomic E-state index is 13.5. The number of nitrogens with one attached hydrogen (secondary N) is 2. The summed E-state index contributed by atoms with van der Waals surface area (Å²) in [5.41, 5.74) is 5.37. The first-order valence-corrected chi connectivity index (χ1v) is 19.7. The standard InChI is InChI=1S/C15H12Br2FN3.C15H11BrFN3.C10H10FNO/c16-13-6-4-12(15(17)21-13)20-14-7-5-11(19-14)9-2-1-3-10(18)8-9;16-13-6-4-11-15(19-13)20-12(5-7-14(20)18-11)9-2-1-3-10(17)8-9;11-8-3-1-2-7(6-8)9-4-5-10(13)12-9/h1-4,6,8,11H,5,7H2,(H,19,20);1-4,6,8,12H,5,7H2;1-3,6,9H,4-5H2,(H,12,13). The highest BCUT2D eigenvalue weighted by molar-refractivity contribution is 9.11. The third-order valence-corrected chi connectivity index (χ3v) is 10.8. The summed E-state index contributed by atoms with van der Waals surface area (Å²) in [7, 11) is 0. The van der Waals surface area contributed by atoms with Crippen molar-refractivity contribution in [3.05, 3.63) is 151 Å². The molecule has 0 saturated carbocycles. The van der Waals surface area contributed by atoms with Gasteiger partial charge in [0, 0.05) is 19.3 Å². The van der Waals surface area contributed by atoms with Gasteiger partial charge in [0.2, 0.25) is 5.91 Å². The molecule has 1 saturated heterocycles. The molecule has 276 valence electrons. The minimum absolute atomic E-state index is 0.00296. The van der Waals surface area contributed by atoms with E-state index < -0.39 is 0 Å². The lowest BCUT2D eigenvalue weighted by Crippen LogP contribution is -2.18. The molecule has 1 fully saturated rings. The number of hydrogen-bond donors (Lipinski definition) is 2. The van der Waals surface area contributed by atoms with Gasteiger partial charge < -0.3 is 15.2 Å². The Balaban J connectivity index is 0.000000129. The van der Waals surface area contributed by atoms with Gasteiger partial charge in [0.1, 0.15) is 48.4 Å². The average molecular weight is 924 g/mol. The molecule has 3 aromatic carbocycles. The summed E-state index contributed by atoms with van der Waals surface area (Å²) in [4.78, 5) is 29.0. The first-order chi connectivity index (χ1) is 26.1. The molecule has 14 heteroatoms. The van der Waals surface area contributed by atoms with Crippen molar-refractivity contribution in [1.29, 1.82) is 0 Å². The van der Waals surface area contributed by atoms with E-state index in [0.29, 0.717) is 6.42 Å². The van der Waals surface area contributed by atoms with Gasteiger partial charge in [-0.1, -0.05) is 36.4 Å². The largest absolute Gasteiger partial charge is 0.349 e. The highest BCUT2D eigenvalue weighted by Gasteiger charge is 2.28. The molecule has 8 nitrogen and oxygen atoms in total. The van der Waals surface area contributed by atoms with Crippen molar-refractivity contribution >= 4 is 76.4 Å². The topological polar surface area (TPSA) is 97.1 Å². The third kappa shape index (κ3) is 9.10. The lowest BCUT2D eigenvalue weighted by atomic mass is 10.0. The van der Waals surface area contributed by atoms with Crippen LogP contribution in [0.4, 0.5) is 18.9 Å². The number of hydrogen-bond acceptors (Lipinski definition) is 6. The Hall–Kier alpha value is -4.40. The molecule has 0 spiro atoms. The fourth-order valence-corrected chi connectivity index (χ4v) is 8.08. The second-order valence-electron chi connectivity index (χ2n) is 13.0. The van der Waals surface area contributed by atoms with Crippen molar-refractivity contribution < 1.29 is 18.0 Å². The normalized spacial score (nSPS) is 18.6. The average Bonchev–Trinajstić information content (AvgIpc) is 3.96. The summed E-state index contributed by atoms with van der Waals surface area (Å²) < 4.78 is 44.0. The Bertz CT molecular complexity index is 2350. The van der Waals surface area contributed by atoms with Gasteiger partial charge in [-0.15, -0.1) is 0 Å². The SMILES string of the molecule is Fc1cccc(C2CCC(Nc3ccc(Br)nc3Br)=N2)c1.Fc1cccc(C2CCc3nc4ccc(Br)nc4n32)c1.O=C1CCC(c2cccc(F)c2)N1. The van der Waals surface area contributed by atoms with Crippen LogP contribution in [0, 0.1) is 17.5 Å². The minimum atomic E-state index is -0.251. The predicted octanol–water partition coefficient (Wildman–Crippen LogP) is 10.7. The van der Waals surface area contributed by atoms with Crippen molar-refractivity contribution in [2.45, 2.75) is 56.7 Å². The van der Waals surface area contributed by atoms with E-state index in [1.54, 1.807) is 30.3 Å². The van der Waals surface area contributed by atoms with Crippen molar-refractivity contribution in [1.82, 2.24) is 24.8 Å². The van der Waals surface area contributed by atoms with Crippen molar-refractivity contribution in [3.63, 3.8) is 0 Å². The maximum absolute atomic E-state index is 13.5. The van der Waals surface area contributed by atoms with E-state index in [-0.39, 0.29) is 41.5 Å². The van der Waals surface area contributed by atoms with Gasteiger partial charge in [-0.3, -0.25) is 9.79 Å². The number of nitrogens with zero attached hydrogens (tertiary/aromatic N) is 5. The van der Waals surface area contributed by atoms with E-state index >= 15 is 0 Å². The molecule has 3 aromatic heterocycles. The van der Waals surface area contributed by atoms with Crippen LogP contribution in [-0.2, 0) is 11.2 Å². The summed E-state index contributed by atoms with van der Waals surface area (Å²) in [5.74, 6) is 1.31. The summed E-state index contributed by atoms with van der Waals surface area (Å²) in [6.45, 7) is 0. The molecule has 9 rings (SSSR count). The number of fused-ring (bicyclic) bond motifs is 3. The number of aliphatic imine (C=N–C) groups is 1. The van der Waals surface area contributed by atoms with Crippen LogP contribution in [-0.4, -0.2) is 31.3 Å². The number of aromatic nitrogens is 4. The monoisotopic (exact) mass is 921 g/mol. The molecule has 3 aliphatic heterocycles.